The van der Waals surface area contributed by atoms with E-state index < -0.39 is 24.3 Å². The topological polar surface area (TPSA) is 69.7 Å². The second kappa shape index (κ2) is 3.18. The zero-order valence-electron chi connectivity index (χ0n) is 9.13. The van der Waals surface area contributed by atoms with Gasteiger partial charge in [0.1, 0.15) is 13.1 Å². The molecule has 2 rings (SSSR count). The fourth-order valence-electron chi connectivity index (χ4n) is 2.30. The maximum atomic E-state index is 11.9. The minimum absolute atomic E-state index is 0.00493. The van der Waals surface area contributed by atoms with Gasteiger partial charge in [-0.15, -0.1) is 0 Å². The lowest BCUT2D eigenvalue weighted by atomic mass is 9.63. The van der Waals surface area contributed by atoms with Gasteiger partial charge in [0.2, 0.25) is 0 Å². The van der Waals surface area contributed by atoms with E-state index in [2.05, 4.69) is 0 Å². The quantitative estimate of drug-likeness (QED) is 0.453. The Morgan fingerprint density at radius 2 is 1.81 bits per heavy atom. The van der Waals surface area contributed by atoms with Crippen LogP contribution in [0, 0.1) is 0 Å². The summed E-state index contributed by atoms with van der Waals surface area (Å²) in [7, 11) is 1.62. The summed E-state index contributed by atoms with van der Waals surface area (Å²) < 4.78 is 9.93. The number of quaternary nitrogens is 1. The predicted octanol–water partition coefficient (Wildman–Crippen LogP) is -0.830. The molecule has 0 unspecified atom stereocenters. The van der Waals surface area contributed by atoms with Crippen LogP contribution in [0.2, 0.25) is 0 Å². The van der Waals surface area contributed by atoms with Crippen LogP contribution in [0.4, 0.5) is 0 Å². The molecule has 0 aromatic carbocycles. The fourth-order valence-corrected chi connectivity index (χ4v) is 2.30. The van der Waals surface area contributed by atoms with E-state index >= 15 is 0 Å². The zero-order valence-corrected chi connectivity index (χ0v) is 9.13. The molecule has 0 bridgehead atoms. The van der Waals surface area contributed by atoms with E-state index in [0.717, 1.165) is 0 Å². The Labute approximate surface area is 92.4 Å². The van der Waals surface area contributed by atoms with E-state index in [1.165, 1.54) is 12.2 Å². The van der Waals surface area contributed by atoms with Crippen molar-refractivity contribution in [2.75, 3.05) is 20.1 Å². The van der Waals surface area contributed by atoms with Crippen LogP contribution in [0.3, 0.4) is 0 Å². The van der Waals surface area contributed by atoms with E-state index in [1.807, 2.05) is 0 Å². The van der Waals surface area contributed by atoms with Gasteiger partial charge in [-0.05, 0) is 13.0 Å². The highest BCUT2D eigenvalue weighted by Crippen LogP contribution is 2.34. The first kappa shape index (κ1) is 10.9. The molecule has 2 heterocycles. The Bertz CT molecular complexity index is 396. The Morgan fingerprint density at radius 3 is 2.25 bits per heavy atom. The van der Waals surface area contributed by atoms with E-state index in [1.54, 1.807) is 14.0 Å². The number of hydrogen-bond acceptors (Lipinski definition) is 5. The van der Waals surface area contributed by atoms with Crippen LogP contribution in [0.5, 0.6) is 0 Å². The molecule has 2 saturated heterocycles. The lowest BCUT2D eigenvalue weighted by Gasteiger charge is -2.37. The molecule has 0 saturated carbocycles. The second-order valence-corrected chi connectivity index (χ2v) is 4.35. The van der Waals surface area contributed by atoms with Crippen molar-refractivity contribution in [3.63, 3.8) is 0 Å². The molecule has 7 heteroatoms. The summed E-state index contributed by atoms with van der Waals surface area (Å²) in [5.74, 6) is -1.01. The monoisotopic (exact) mass is 225 g/mol. The maximum absolute atomic E-state index is 11.9. The number of allylic oxidation sites excluding steroid dienone is 2. The van der Waals surface area contributed by atoms with E-state index in [0.29, 0.717) is 0 Å². The largest absolute Gasteiger partial charge is 0.653 e. The lowest BCUT2D eigenvalue weighted by molar-refractivity contribution is -0.790. The summed E-state index contributed by atoms with van der Waals surface area (Å²) in [5.41, 5.74) is -0.457. The predicted molar refractivity (Wildman–Crippen MR) is 53.7 cm³/mol. The van der Waals surface area contributed by atoms with Gasteiger partial charge in [0.15, 0.2) is 5.68 Å². The molecule has 6 nitrogen and oxygen atoms in total. The minimum atomic E-state index is -2.54. The van der Waals surface area contributed by atoms with Crippen molar-refractivity contribution in [1.82, 2.24) is 0 Å². The third-order valence-corrected chi connectivity index (χ3v) is 3.07. The molecule has 0 spiro atoms. The van der Waals surface area contributed by atoms with Gasteiger partial charge in [-0.3, -0.25) is 9.59 Å². The molecule has 2 fully saturated rings. The molecule has 86 valence electrons. The van der Waals surface area contributed by atoms with Crippen molar-refractivity contribution >= 4 is 24.3 Å². The summed E-state index contributed by atoms with van der Waals surface area (Å²) in [4.78, 5) is 34.5. The molecule has 2 aliphatic heterocycles. The number of carbonyl (C=O) groups excluding carboxylic acids is 3. The maximum Gasteiger partial charge on any atom is 0.653 e. The zero-order chi connectivity index (χ0) is 12.0. The molecule has 0 aromatic rings. The van der Waals surface area contributed by atoms with Crippen LogP contribution in [0.25, 0.3) is 0 Å². The number of carbonyl (C=O) groups is 3. The summed E-state index contributed by atoms with van der Waals surface area (Å²) in [6.45, 7) is -0.883. The van der Waals surface area contributed by atoms with Crippen molar-refractivity contribution < 1.29 is 28.1 Å². The van der Waals surface area contributed by atoms with Crippen LogP contribution in [-0.4, -0.2) is 48.8 Å². The number of rotatable bonds is 2. The summed E-state index contributed by atoms with van der Waals surface area (Å²) in [6.07, 6.45) is 2.80. The van der Waals surface area contributed by atoms with E-state index in [9.17, 15) is 14.4 Å². The fraction of sp³-hybridized carbons (Fsp3) is 0.444. The summed E-state index contributed by atoms with van der Waals surface area (Å²) in [6, 6.07) is 0. The average molecular weight is 225 g/mol. The van der Waals surface area contributed by atoms with E-state index in [-0.39, 0.29) is 17.5 Å². The van der Waals surface area contributed by atoms with Crippen molar-refractivity contribution in [1.29, 1.82) is 0 Å². The van der Waals surface area contributed by atoms with Gasteiger partial charge in [-0.25, -0.2) is 0 Å². The second-order valence-electron chi connectivity index (χ2n) is 4.35. The molecular weight excluding hydrogens is 213 g/mol. The van der Waals surface area contributed by atoms with Gasteiger partial charge in [0.05, 0.1) is 0 Å². The molecule has 0 amide bonds. The first-order valence-electron chi connectivity index (χ1n) is 5.03. The minimum Gasteiger partial charge on any atom is -0.594 e. The summed E-state index contributed by atoms with van der Waals surface area (Å²) in [5, 5.41) is 0. The standard InChI is InChI=1S/C9H12BNO5/c1-3-4-7(12)10-11(2,5-8(13)15-10)6-9(14)16-10/h3-4H,5-6H2,1-2H3/b4-3+. The highest BCUT2D eigenvalue weighted by molar-refractivity contribution is 6.96. The number of fused-ring (bicyclic) bond motifs is 1. The van der Waals surface area contributed by atoms with Gasteiger partial charge in [0.25, 0.3) is 0 Å². The smallest absolute Gasteiger partial charge is 0.594 e. The number of nitrogens with zero attached hydrogens (tertiary/aromatic N) is 1. The van der Waals surface area contributed by atoms with Crippen molar-refractivity contribution in [2.24, 2.45) is 0 Å². The first-order chi connectivity index (χ1) is 7.43. The van der Waals surface area contributed by atoms with Gasteiger partial charge in [0, 0.05) is 7.05 Å². The Hall–Kier alpha value is -1.63. The van der Waals surface area contributed by atoms with Gasteiger partial charge in [-0.1, -0.05) is 6.08 Å². The molecule has 0 radical (unpaired) electrons. The number of hydrogen-bond donors (Lipinski definition) is 0. The molecular formula is C9H12BNO5. The van der Waals surface area contributed by atoms with Crippen LogP contribution in [-0.2, 0) is 23.7 Å². The molecule has 0 aromatic heterocycles. The molecule has 16 heavy (non-hydrogen) atoms. The number of likely N-dealkylation sites (N-methyl/N-ethyl adjacent to an activating group) is 1. The van der Waals surface area contributed by atoms with E-state index in [4.69, 9.17) is 9.31 Å². The van der Waals surface area contributed by atoms with Crippen LogP contribution in [0.15, 0.2) is 12.2 Å². The van der Waals surface area contributed by atoms with Crippen LogP contribution < -0.4 is 0 Å². The lowest BCUT2D eigenvalue weighted by Crippen LogP contribution is -2.64. The molecule has 0 atom stereocenters. The average Bonchev–Trinajstić information content (AvgIpc) is 2.50. The highest BCUT2D eigenvalue weighted by Gasteiger charge is 2.69. The van der Waals surface area contributed by atoms with Crippen molar-refractivity contribution in [3.05, 3.63) is 12.2 Å². The Kier molecular flexibility index (Phi) is 2.16. The Balaban J connectivity index is 2.46. The van der Waals surface area contributed by atoms with Crippen LogP contribution >= 0.6 is 0 Å². The molecule has 0 aliphatic carbocycles. The Morgan fingerprint density at radius 1 is 1.31 bits per heavy atom. The molecule has 0 N–H and O–H groups in total. The normalized spacial score (nSPS) is 37.4. The highest BCUT2D eigenvalue weighted by atomic mass is 16.7. The summed E-state index contributed by atoms with van der Waals surface area (Å²) >= 11 is 0. The first-order valence-corrected chi connectivity index (χ1v) is 5.03. The van der Waals surface area contributed by atoms with Gasteiger partial charge < -0.3 is 18.5 Å². The third-order valence-electron chi connectivity index (χ3n) is 3.07. The molecule has 2 aliphatic rings. The van der Waals surface area contributed by atoms with Crippen molar-refractivity contribution in [2.45, 2.75) is 6.92 Å². The van der Waals surface area contributed by atoms with Gasteiger partial charge >= 0.3 is 18.6 Å². The van der Waals surface area contributed by atoms with Gasteiger partial charge in [-0.2, -0.15) is 0 Å². The van der Waals surface area contributed by atoms with Crippen molar-refractivity contribution in [3.8, 4) is 0 Å². The SMILES string of the molecule is C/C=C/C(=O)[B-]12OC(=O)C[N+]1(C)CC(=O)O2. The van der Waals surface area contributed by atoms with Crippen LogP contribution in [0.1, 0.15) is 6.92 Å². The third kappa shape index (κ3) is 1.21.